The topological polar surface area (TPSA) is 85.9 Å². The Kier molecular flexibility index (Phi) is 5.10. The molecule has 2 aromatic rings. The van der Waals surface area contributed by atoms with Gasteiger partial charge in [-0.15, -0.1) is 0 Å². The van der Waals surface area contributed by atoms with Crippen molar-refractivity contribution in [1.29, 1.82) is 0 Å². The van der Waals surface area contributed by atoms with Gasteiger partial charge in [-0.3, -0.25) is 9.69 Å². The Balaban J connectivity index is 1.48. The Morgan fingerprint density at radius 1 is 1.46 bits per heavy atom. The van der Waals surface area contributed by atoms with Gasteiger partial charge in [0.05, 0.1) is 5.56 Å². The van der Waals surface area contributed by atoms with Gasteiger partial charge in [0.15, 0.2) is 0 Å². The first-order chi connectivity index (χ1) is 11.7. The van der Waals surface area contributed by atoms with Gasteiger partial charge in [0.1, 0.15) is 11.6 Å². The second-order valence-electron chi connectivity index (χ2n) is 6.24. The zero-order chi connectivity index (χ0) is 16.9. The second kappa shape index (κ2) is 7.44. The zero-order valence-corrected chi connectivity index (χ0v) is 14.2. The van der Waals surface area contributed by atoms with E-state index >= 15 is 0 Å². The van der Waals surface area contributed by atoms with Gasteiger partial charge in [0, 0.05) is 44.8 Å². The third-order valence-corrected chi connectivity index (χ3v) is 4.36. The van der Waals surface area contributed by atoms with Crippen LogP contribution in [0.15, 0.2) is 24.5 Å². The maximum Gasteiger partial charge on any atom is 0.255 e. The summed E-state index contributed by atoms with van der Waals surface area (Å²) in [5, 5.41) is 5.99. The number of carbonyl (C=O) groups excluding carboxylic acids is 1. The summed E-state index contributed by atoms with van der Waals surface area (Å²) >= 11 is 0. The highest BCUT2D eigenvalue weighted by Gasteiger charge is 2.23. The van der Waals surface area contributed by atoms with Crippen LogP contribution in [0.3, 0.4) is 0 Å². The fourth-order valence-corrected chi connectivity index (χ4v) is 3.14. The average molecular weight is 328 g/mol. The number of aromatic nitrogens is 3. The molecule has 0 radical (unpaired) electrons. The minimum Gasteiger partial charge on any atom is -0.372 e. The number of amides is 1. The van der Waals surface area contributed by atoms with E-state index in [9.17, 15) is 4.79 Å². The number of hydrogen-bond acceptors (Lipinski definition) is 5. The summed E-state index contributed by atoms with van der Waals surface area (Å²) in [6, 6.07) is 3.56. The number of pyridine rings is 1. The Morgan fingerprint density at radius 3 is 3.08 bits per heavy atom. The van der Waals surface area contributed by atoms with Crippen molar-refractivity contribution < 1.29 is 4.79 Å². The quantitative estimate of drug-likeness (QED) is 0.746. The highest BCUT2D eigenvalue weighted by molar-refractivity contribution is 5.98. The van der Waals surface area contributed by atoms with Gasteiger partial charge in [-0.2, -0.15) is 0 Å². The molecule has 3 rings (SSSR count). The molecular weight excluding hydrogens is 304 g/mol. The van der Waals surface area contributed by atoms with Crippen LogP contribution >= 0.6 is 0 Å². The number of anilines is 1. The van der Waals surface area contributed by atoms with E-state index in [2.05, 4.69) is 30.5 Å². The number of hydrogen-bond donors (Lipinski definition) is 3. The third kappa shape index (κ3) is 3.91. The molecule has 0 aliphatic carbocycles. The molecule has 24 heavy (non-hydrogen) atoms. The average Bonchev–Trinajstić information content (AvgIpc) is 3.21. The minimum absolute atomic E-state index is 0.0740. The molecule has 1 saturated heterocycles. The summed E-state index contributed by atoms with van der Waals surface area (Å²) in [6.07, 6.45) is 4.67. The molecule has 3 heterocycles. The number of carbonyl (C=O) groups is 1. The normalized spacial score (nSPS) is 17.8. The van der Waals surface area contributed by atoms with E-state index in [1.54, 1.807) is 25.4 Å². The van der Waals surface area contributed by atoms with Gasteiger partial charge < -0.3 is 15.6 Å². The lowest BCUT2D eigenvalue weighted by Crippen LogP contribution is -2.31. The summed E-state index contributed by atoms with van der Waals surface area (Å²) in [4.78, 5) is 26.4. The van der Waals surface area contributed by atoms with Crippen molar-refractivity contribution in [3.8, 4) is 0 Å². The molecule has 1 atom stereocenters. The van der Waals surface area contributed by atoms with Gasteiger partial charge in [0.25, 0.3) is 5.91 Å². The van der Waals surface area contributed by atoms with Crippen LogP contribution in [0.25, 0.3) is 0 Å². The number of H-pyrrole nitrogens is 1. The lowest BCUT2D eigenvalue weighted by Gasteiger charge is -2.15. The highest BCUT2D eigenvalue weighted by Crippen LogP contribution is 2.18. The van der Waals surface area contributed by atoms with Gasteiger partial charge in [-0.05, 0) is 37.9 Å². The van der Waals surface area contributed by atoms with E-state index in [1.165, 1.54) is 0 Å². The van der Waals surface area contributed by atoms with E-state index in [0.29, 0.717) is 23.8 Å². The van der Waals surface area contributed by atoms with Gasteiger partial charge in [-0.25, -0.2) is 9.97 Å². The minimum atomic E-state index is -0.0740. The number of imidazole rings is 1. The van der Waals surface area contributed by atoms with Crippen molar-refractivity contribution in [2.24, 2.45) is 5.92 Å². The van der Waals surface area contributed by atoms with Crippen LogP contribution in [0.1, 0.15) is 28.3 Å². The standard InChI is InChI=1S/C17H24N6O/c1-12-20-9-14(22-12)11-23-7-5-13(10-23)8-21-17(24)15-4-3-6-19-16(15)18-2/h3-4,6,9,13H,5,7-8,10-11H2,1-2H3,(H,18,19)(H,20,22)(H,21,24)/t13-/m0/s1. The Bertz CT molecular complexity index is 698. The van der Waals surface area contributed by atoms with Gasteiger partial charge in [0.2, 0.25) is 0 Å². The van der Waals surface area contributed by atoms with Crippen LogP contribution < -0.4 is 10.6 Å². The van der Waals surface area contributed by atoms with E-state index < -0.39 is 0 Å². The van der Waals surface area contributed by atoms with Crippen molar-refractivity contribution in [2.45, 2.75) is 19.9 Å². The molecule has 1 fully saturated rings. The lowest BCUT2D eigenvalue weighted by molar-refractivity contribution is 0.0948. The number of likely N-dealkylation sites (tertiary alicyclic amines) is 1. The Hall–Kier alpha value is -2.41. The van der Waals surface area contributed by atoms with Gasteiger partial charge >= 0.3 is 0 Å². The number of rotatable bonds is 6. The molecule has 0 aromatic carbocycles. The number of nitrogens with one attached hydrogen (secondary N) is 3. The summed E-state index contributed by atoms with van der Waals surface area (Å²) in [5.74, 6) is 1.96. The van der Waals surface area contributed by atoms with Crippen LogP contribution in [0.2, 0.25) is 0 Å². The summed E-state index contributed by atoms with van der Waals surface area (Å²) in [7, 11) is 1.77. The van der Waals surface area contributed by atoms with E-state index in [1.807, 2.05) is 13.1 Å². The van der Waals surface area contributed by atoms with E-state index in [4.69, 9.17) is 0 Å². The fraction of sp³-hybridized carbons (Fsp3) is 0.471. The third-order valence-electron chi connectivity index (χ3n) is 4.36. The van der Waals surface area contributed by atoms with Crippen molar-refractivity contribution in [1.82, 2.24) is 25.2 Å². The summed E-state index contributed by atoms with van der Waals surface area (Å²) < 4.78 is 0. The van der Waals surface area contributed by atoms with Crippen molar-refractivity contribution in [3.63, 3.8) is 0 Å². The predicted molar refractivity (Wildman–Crippen MR) is 92.8 cm³/mol. The molecule has 0 bridgehead atoms. The molecule has 7 heteroatoms. The first-order valence-corrected chi connectivity index (χ1v) is 8.29. The highest BCUT2D eigenvalue weighted by atomic mass is 16.1. The first kappa shape index (κ1) is 16.4. The van der Waals surface area contributed by atoms with E-state index in [-0.39, 0.29) is 5.91 Å². The Labute approximate surface area is 141 Å². The smallest absolute Gasteiger partial charge is 0.255 e. The van der Waals surface area contributed by atoms with Crippen LogP contribution in [-0.4, -0.2) is 52.4 Å². The zero-order valence-electron chi connectivity index (χ0n) is 14.2. The monoisotopic (exact) mass is 328 g/mol. The van der Waals surface area contributed by atoms with Crippen molar-refractivity contribution >= 4 is 11.7 Å². The van der Waals surface area contributed by atoms with Crippen molar-refractivity contribution in [2.75, 3.05) is 32.0 Å². The molecule has 0 saturated carbocycles. The molecule has 7 nitrogen and oxygen atoms in total. The maximum absolute atomic E-state index is 12.3. The molecule has 0 unspecified atom stereocenters. The molecule has 0 spiro atoms. The number of aromatic amines is 1. The molecule has 1 aliphatic rings. The molecular formula is C17H24N6O. The SMILES string of the molecule is CNc1ncccc1C(=O)NC[C@@H]1CCN(Cc2cnc(C)[nH]2)C1. The molecule has 128 valence electrons. The summed E-state index contributed by atoms with van der Waals surface area (Å²) in [6.45, 7) is 5.58. The molecule has 2 aromatic heterocycles. The predicted octanol–water partition coefficient (Wildman–Crippen LogP) is 1.41. The molecule has 1 amide bonds. The molecule has 1 aliphatic heterocycles. The number of nitrogens with zero attached hydrogens (tertiary/aromatic N) is 3. The van der Waals surface area contributed by atoms with Crippen LogP contribution in [-0.2, 0) is 6.54 Å². The van der Waals surface area contributed by atoms with Crippen molar-refractivity contribution in [3.05, 3.63) is 41.6 Å². The van der Waals surface area contributed by atoms with Crippen LogP contribution in [0.4, 0.5) is 5.82 Å². The van der Waals surface area contributed by atoms with Crippen LogP contribution in [0.5, 0.6) is 0 Å². The largest absolute Gasteiger partial charge is 0.372 e. The lowest BCUT2D eigenvalue weighted by atomic mass is 10.1. The second-order valence-corrected chi connectivity index (χ2v) is 6.24. The van der Waals surface area contributed by atoms with Crippen LogP contribution in [0, 0.1) is 12.8 Å². The maximum atomic E-state index is 12.3. The van der Waals surface area contributed by atoms with E-state index in [0.717, 1.165) is 37.6 Å². The first-order valence-electron chi connectivity index (χ1n) is 8.29. The number of aryl methyl sites for hydroxylation is 1. The summed E-state index contributed by atoms with van der Waals surface area (Å²) in [5.41, 5.74) is 1.73. The van der Waals surface area contributed by atoms with Gasteiger partial charge in [-0.1, -0.05) is 0 Å². The fourth-order valence-electron chi connectivity index (χ4n) is 3.14. The Morgan fingerprint density at radius 2 is 2.33 bits per heavy atom. The molecule has 3 N–H and O–H groups in total.